The van der Waals surface area contributed by atoms with Crippen molar-refractivity contribution in [3.05, 3.63) is 52.8 Å². The topological polar surface area (TPSA) is 29.9 Å². The first-order valence-electron chi connectivity index (χ1n) is 6.43. The van der Waals surface area contributed by atoms with Gasteiger partial charge in [-0.25, -0.2) is 8.78 Å². The van der Waals surface area contributed by atoms with Gasteiger partial charge in [0, 0.05) is 6.07 Å². The number of nitrogens with one attached hydrogen (secondary N) is 1. The third kappa shape index (κ3) is 2.31. The van der Waals surface area contributed by atoms with Crippen LogP contribution < -0.4 is 4.74 Å². The van der Waals surface area contributed by atoms with Crippen LogP contribution in [0.3, 0.4) is 0 Å². The summed E-state index contributed by atoms with van der Waals surface area (Å²) < 4.78 is 34.8. The zero-order valence-corrected chi connectivity index (χ0v) is 12.0. The summed E-state index contributed by atoms with van der Waals surface area (Å²) in [5.41, 5.74) is 1.15. The molecular weight excluding hydrogens is 294 g/mol. The van der Waals surface area contributed by atoms with E-state index in [1.807, 2.05) is 6.92 Å². The van der Waals surface area contributed by atoms with Crippen molar-refractivity contribution >= 4 is 23.3 Å². The quantitative estimate of drug-likeness (QED) is 0.728. The van der Waals surface area contributed by atoms with Gasteiger partial charge in [0.05, 0.1) is 17.8 Å². The van der Waals surface area contributed by atoms with E-state index in [1.165, 1.54) is 10.6 Å². The maximum Gasteiger partial charge on any atom is 0.184 e. The molecule has 2 aromatic carbocycles. The molecule has 21 heavy (non-hydrogen) atoms. The molecule has 0 aliphatic heterocycles. The monoisotopic (exact) mass is 306 g/mol. The Morgan fingerprint density at radius 1 is 1.24 bits per heavy atom. The summed E-state index contributed by atoms with van der Waals surface area (Å²) >= 11 is 5.22. The highest BCUT2D eigenvalue weighted by atomic mass is 32.1. The second-order valence-corrected chi connectivity index (χ2v) is 4.84. The first kappa shape index (κ1) is 13.8. The molecule has 0 saturated carbocycles. The maximum atomic E-state index is 14.1. The fraction of sp³-hybridized carbons (Fsp3) is 0.133. The van der Waals surface area contributed by atoms with Gasteiger partial charge in [0.15, 0.2) is 16.4 Å². The highest BCUT2D eigenvalue weighted by Crippen LogP contribution is 2.25. The Hall–Kier alpha value is -2.21. The lowest BCUT2D eigenvalue weighted by Crippen LogP contribution is -1.99. The van der Waals surface area contributed by atoms with E-state index in [-0.39, 0.29) is 5.52 Å². The smallest absolute Gasteiger partial charge is 0.184 e. The van der Waals surface area contributed by atoms with Crippen LogP contribution in [0, 0.1) is 16.4 Å². The molecule has 3 aromatic rings. The summed E-state index contributed by atoms with van der Waals surface area (Å²) in [6, 6.07) is 9.60. The molecule has 6 heteroatoms. The molecule has 0 atom stereocenters. The lowest BCUT2D eigenvalue weighted by Gasteiger charge is -2.08. The highest BCUT2D eigenvalue weighted by Gasteiger charge is 2.15. The van der Waals surface area contributed by atoms with E-state index in [9.17, 15) is 8.78 Å². The van der Waals surface area contributed by atoms with Gasteiger partial charge >= 0.3 is 0 Å². The van der Waals surface area contributed by atoms with Crippen molar-refractivity contribution in [3.63, 3.8) is 0 Å². The molecule has 1 aromatic heterocycles. The normalized spacial score (nSPS) is 11.0. The number of hydrogen-bond acceptors (Lipinski definition) is 2. The van der Waals surface area contributed by atoms with Crippen molar-refractivity contribution in [3.8, 4) is 11.4 Å². The van der Waals surface area contributed by atoms with Crippen molar-refractivity contribution < 1.29 is 13.5 Å². The van der Waals surface area contributed by atoms with Crippen LogP contribution in [0.25, 0.3) is 16.7 Å². The molecule has 1 N–H and O–H groups in total. The lowest BCUT2D eigenvalue weighted by atomic mass is 10.2. The fourth-order valence-electron chi connectivity index (χ4n) is 2.26. The van der Waals surface area contributed by atoms with Crippen molar-refractivity contribution in [2.75, 3.05) is 6.61 Å². The first-order valence-corrected chi connectivity index (χ1v) is 6.84. The number of ether oxygens (including phenoxy) is 1. The maximum absolute atomic E-state index is 14.1. The van der Waals surface area contributed by atoms with Gasteiger partial charge in [0.2, 0.25) is 0 Å². The molecule has 3 nitrogen and oxygen atoms in total. The molecule has 0 aliphatic carbocycles. The largest absolute Gasteiger partial charge is 0.494 e. The highest BCUT2D eigenvalue weighted by molar-refractivity contribution is 7.71. The molecule has 0 spiro atoms. The van der Waals surface area contributed by atoms with Crippen LogP contribution in [-0.4, -0.2) is 16.2 Å². The van der Waals surface area contributed by atoms with Gasteiger partial charge in [-0.3, -0.25) is 4.57 Å². The first-order chi connectivity index (χ1) is 10.1. The van der Waals surface area contributed by atoms with Crippen LogP contribution in [0.4, 0.5) is 8.78 Å². The second-order valence-electron chi connectivity index (χ2n) is 4.45. The van der Waals surface area contributed by atoms with Gasteiger partial charge in [-0.2, -0.15) is 0 Å². The Bertz CT molecular complexity index is 870. The molecule has 0 unspecified atom stereocenters. The van der Waals surface area contributed by atoms with E-state index in [4.69, 9.17) is 17.0 Å². The summed E-state index contributed by atoms with van der Waals surface area (Å²) in [7, 11) is 0. The zero-order valence-electron chi connectivity index (χ0n) is 11.2. The third-order valence-corrected chi connectivity index (χ3v) is 3.41. The van der Waals surface area contributed by atoms with E-state index in [2.05, 4.69) is 4.98 Å². The van der Waals surface area contributed by atoms with Crippen LogP contribution >= 0.6 is 12.2 Å². The zero-order chi connectivity index (χ0) is 15.0. The summed E-state index contributed by atoms with van der Waals surface area (Å²) in [6.07, 6.45) is 0. The van der Waals surface area contributed by atoms with Crippen molar-refractivity contribution in [2.45, 2.75) is 6.92 Å². The number of halogens is 2. The molecule has 0 amide bonds. The molecule has 3 rings (SSSR count). The molecule has 0 saturated heterocycles. The predicted molar refractivity (Wildman–Crippen MR) is 79.5 cm³/mol. The number of nitrogens with zero attached hydrogens (tertiary/aromatic N) is 1. The summed E-state index contributed by atoms with van der Waals surface area (Å²) in [5, 5.41) is 0. The number of aromatic nitrogens is 2. The Labute approximate surface area is 124 Å². The van der Waals surface area contributed by atoms with Gasteiger partial charge in [0.1, 0.15) is 11.3 Å². The number of fused-ring (bicyclic) bond motifs is 1. The number of imidazole rings is 1. The SMILES string of the molecule is CCOc1cccc(-n2c(=S)[nH]c3ccc(F)c(F)c32)c1. The predicted octanol–water partition coefficient (Wildman–Crippen LogP) is 4.36. The number of aromatic amines is 1. The summed E-state index contributed by atoms with van der Waals surface area (Å²) in [4.78, 5) is 2.88. The van der Waals surface area contributed by atoms with Crippen molar-refractivity contribution in [2.24, 2.45) is 0 Å². The summed E-state index contributed by atoms with van der Waals surface area (Å²) in [5.74, 6) is -1.20. The standard InChI is InChI=1S/C15H12F2N2OS/c1-2-20-10-5-3-4-9(8-10)19-14-12(18-15(19)21)7-6-11(16)13(14)17/h3-8H,2H2,1H3,(H,18,21). The van der Waals surface area contributed by atoms with E-state index in [0.717, 1.165) is 6.07 Å². The fourth-order valence-corrected chi connectivity index (χ4v) is 2.56. The van der Waals surface area contributed by atoms with Crippen LogP contribution in [-0.2, 0) is 0 Å². The number of rotatable bonds is 3. The Balaban J connectivity index is 2.29. The number of hydrogen-bond donors (Lipinski definition) is 1. The molecule has 0 aliphatic rings. The van der Waals surface area contributed by atoms with Crippen LogP contribution in [0.2, 0.25) is 0 Å². The number of benzene rings is 2. The van der Waals surface area contributed by atoms with Crippen molar-refractivity contribution in [1.82, 2.24) is 9.55 Å². The van der Waals surface area contributed by atoms with Gasteiger partial charge < -0.3 is 9.72 Å². The molecular formula is C15H12F2N2OS. The van der Waals surface area contributed by atoms with Gasteiger partial charge in [-0.05, 0) is 43.4 Å². The minimum absolute atomic E-state index is 0.0913. The van der Waals surface area contributed by atoms with Crippen LogP contribution in [0.15, 0.2) is 36.4 Å². The van der Waals surface area contributed by atoms with E-state index >= 15 is 0 Å². The van der Waals surface area contributed by atoms with Gasteiger partial charge in [-0.15, -0.1) is 0 Å². The lowest BCUT2D eigenvalue weighted by molar-refractivity contribution is 0.340. The number of H-pyrrole nitrogens is 1. The molecule has 108 valence electrons. The van der Waals surface area contributed by atoms with Gasteiger partial charge in [-0.1, -0.05) is 6.07 Å². The Morgan fingerprint density at radius 3 is 2.81 bits per heavy atom. The second kappa shape index (κ2) is 5.29. The molecule has 0 fully saturated rings. The minimum atomic E-state index is -0.929. The molecule has 0 bridgehead atoms. The van der Waals surface area contributed by atoms with Crippen LogP contribution in [0.5, 0.6) is 5.75 Å². The Kier molecular flexibility index (Phi) is 3.47. The van der Waals surface area contributed by atoms with E-state index in [0.29, 0.717) is 28.3 Å². The van der Waals surface area contributed by atoms with Crippen LogP contribution in [0.1, 0.15) is 6.92 Å². The average Bonchev–Trinajstić information content (AvgIpc) is 2.81. The minimum Gasteiger partial charge on any atom is -0.494 e. The summed E-state index contributed by atoms with van der Waals surface area (Å²) in [6.45, 7) is 2.39. The third-order valence-electron chi connectivity index (χ3n) is 3.12. The van der Waals surface area contributed by atoms with Gasteiger partial charge in [0.25, 0.3) is 0 Å². The molecule has 1 heterocycles. The van der Waals surface area contributed by atoms with Crippen molar-refractivity contribution in [1.29, 1.82) is 0 Å². The average molecular weight is 306 g/mol. The van der Waals surface area contributed by atoms with E-state index < -0.39 is 11.6 Å². The molecule has 0 radical (unpaired) electrons. The Morgan fingerprint density at radius 2 is 2.05 bits per heavy atom. The van der Waals surface area contributed by atoms with E-state index in [1.54, 1.807) is 24.3 Å².